The van der Waals surface area contributed by atoms with Crippen molar-refractivity contribution in [2.75, 3.05) is 30.8 Å². The second-order valence-electron chi connectivity index (χ2n) is 21.0. The Balaban J connectivity index is 1.03. The fourth-order valence-corrected chi connectivity index (χ4v) is 11.1. The monoisotopic (exact) mass is 1160 g/mol. The number of H-pyrrole nitrogens is 1. The van der Waals surface area contributed by atoms with Crippen LogP contribution >= 0.6 is 22.6 Å². The van der Waals surface area contributed by atoms with E-state index in [0.29, 0.717) is 34.0 Å². The van der Waals surface area contributed by atoms with E-state index < -0.39 is 84.8 Å². The number of carbonyl (C=O) groups excluding carboxylic acids is 7. The van der Waals surface area contributed by atoms with Gasteiger partial charge in [-0.05, 0) is 74.6 Å². The number of nitrogens with one attached hydrogen (secondary N) is 6. The van der Waals surface area contributed by atoms with Crippen molar-refractivity contribution >= 4 is 86.7 Å². The van der Waals surface area contributed by atoms with E-state index in [1.165, 1.54) is 25.2 Å². The normalized spacial score (nSPS) is 21.2. The van der Waals surface area contributed by atoms with E-state index in [-0.39, 0.29) is 53.1 Å². The first-order valence-electron chi connectivity index (χ1n) is 26.3. The number of likely N-dealkylation sites (tertiary alicyclic amines) is 1. The Morgan fingerprint density at radius 2 is 1.63 bits per heavy atom. The van der Waals surface area contributed by atoms with Gasteiger partial charge in [0.15, 0.2) is 6.23 Å². The van der Waals surface area contributed by atoms with Gasteiger partial charge in [-0.15, -0.1) is 0 Å². The van der Waals surface area contributed by atoms with Gasteiger partial charge in [0.25, 0.3) is 0 Å². The van der Waals surface area contributed by atoms with Crippen LogP contribution in [0.1, 0.15) is 137 Å². The van der Waals surface area contributed by atoms with Gasteiger partial charge in [-0.25, -0.2) is 14.8 Å². The molecule has 5 rings (SSSR count). The Morgan fingerprint density at radius 3 is 2.27 bits per heavy atom. The largest absolute Gasteiger partial charge is 0.445 e. The number of nitrogens with zero attached hydrogens (tertiary/aromatic N) is 4. The number of rotatable bonds is 26. The van der Waals surface area contributed by atoms with Crippen LogP contribution in [0.3, 0.4) is 0 Å². The van der Waals surface area contributed by atoms with Crippen molar-refractivity contribution in [3.8, 4) is 0 Å². The van der Waals surface area contributed by atoms with E-state index in [9.17, 15) is 43.8 Å². The SMILES string of the molecule is CCCC(I)(CCC)C1CC(=O)N(CCC(=O)N[C@H](C(=O)N[C@@H](C)C(=O)Nc2ccc(COC(=O)N(C)CC(=O)N[C@@H]3[C@@H](O)[C@@H](O)[C@@H](Nc4ncnc5[nH]c(C(C)CCCC(C)C)cc45)O[C@H]3C)cc2)C(C)C)C1=O. The highest BCUT2D eigenvalue weighted by atomic mass is 127. The molecule has 2 saturated heterocycles. The van der Waals surface area contributed by atoms with Crippen molar-refractivity contribution in [1.29, 1.82) is 0 Å². The first kappa shape index (κ1) is 60.4. The first-order chi connectivity index (χ1) is 35.5. The maximum Gasteiger partial charge on any atom is 0.410 e. The molecule has 0 saturated carbocycles. The minimum atomic E-state index is -1.46. The zero-order valence-corrected chi connectivity index (χ0v) is 47.2. The fraction of sp³-hybridized carbons (Fsp3) is 0.642. The summed E-state index contributed by atoms with van der Waals surface area (Å²) in [5.41, 5.74) is 2.60. The maximum atomic E-state index is 13.4. The lowest BCUT2D eigenvalue weighted by atomic mass is 9.84. The number of alkyl halides is 1. The molecule has 1 aromatic carbocycles. The summed E-state index contributed by atoms with van der Waals surface area (Å²) in [7, 11) is 1.37. The quantitative estimate of drug-likeness (QED) is 0.0274. The number of carbonyl (C=O) groups is 7. The van der Waals surface area contributed by atoms with Gasteiger partial charge in [-0.1, -0.05) is 109 Å². The Labute approximate surface area is 453 Å². The third-order valence-electron chi connectivity index (χ3n) is 14.0. The van der Waals surface area contributed by atoms with Gasteiger partial charge >= 0.3 is 6.09 Å². The van der Waals surface area contributed by atoms with Crippen LogP contribution in [-0.2, 0) is 44.8 Å². The van der Waals surface area contributed by atoms with E-state index >= 15 is 0 Å². The highest BCUT2D eigenvalue weighted by Gasteiger charge is 2.49. The molecule has 2 aromatic heterocycles. The minimum Gasteiger partial charge on any atom is -0.445 e. The molecule has 21 nitrogen and oxygen atoms in total. The summed E-state index contributed by atoms with van der Waals surface area (Å²) in [4.78, 5) is 106. The van der Waals surface area contributed by atoms with E-state index in [2.05, 4.69) is 98.7 Å². The lowest BCUT2D eigenvalue weighted by Gasteiger charge is -2.42. The molecule has 8 N–H and O–H groups in total. The number of aromatic nitrogens is 3. The summed E-state index contributed by atoms with van der Waals surface area (Å²) in [5, 5.41) is 36.9. The Kier molecular flexibility index (Phi) is 22.2. The van der Waals surface area contributed by atoms with Crippen LogP contribution in [0.25, 0.3) is 11.0 Å². The molecule has 7 amide bonds. The molecule has 3 aromatic rings. The molecule has 2 fully saturated rings. The number of anilines is 2. The van der Waals surface area contributed by atoms with Crippen molar-refractivity contribution in [2.45, 2.75) is 179 Å². The van der Waals surface area contributed by atoms with Crippen LogP contribution in [0, 0.1) is 17.8 Å². The predicted octanol–water partition coefficient (Wildman–Crippen LogP) is 5.64. The average Bonchev–Trinajstić information content (AvgIpc) is 3.93. The number of aliphatic hydroxyl groups excluding tert-OH is 2. The lowest BCUT2D eigenvalue weighted by Crippen LogP contribution is -2.64. The molecular weight excluding hydrogens is 1080 g/mol. The van der Waals surface area contributed by atoms with Crippen LogP contribution < -0.4 is 26.6 Å². The van der Waals surface area contributed by atoms with Gasteiger partial charge in [0, 0.05) is 41.2 Å². The summed E-state index contributed by atoms with van der Waals surface area (Å²) in [6.07, 6.45) is 2.44. The van der Waals surface area contributed by atoms with Crippen molar-refractivity contribution in [3.63, 3.8) is 0 Å². The minimum absolute atomic E-state index is 0.0893. The van der Waals surface area contributed by atoms with Crippen molar-refractivity contribution in [3.05, 3.63) is 47.9 Å². The molecule has 0 aliphatic carbocycles. The molecule has 414 valence electrons. The first-order valence-corrected chi connectivity index (χ1v) is 27.4. The molecule has 4 heterocycles. The molecule has 0 spiro atoms. The summed E-state index contributed by atoms with van der Waals surface area (Å²) in [6, 6.07) is 5.40. The topological polar surface area (TPSA) is 287 Å². The Morgan fingerprint density at radius 1 is 0.947 bits per heavy atom. The molecule has 75 heavy (non-hydrogen) atoms. The van der Waals surface area contributed by atoms with Crippen LogP contribution in [0.2, 0.25) is 0 Å². The van der Waals surface area contributed by atoms with Gasteiger partial charge in [0.05, 0.1) is 23.4 Å². The van der Waals surface area contributed by atoms with E-state index in [1.54, 1.807) is 45.0 Å². The molecule has 0 radical (unpaired) electrons. The van der Waals surface area contributed by atoms with Crippen LogP contribution in [-0.4, -0.2) is 143 Å². The number of imide groups is 1. The highest BCUT2D eigenvalue weighted by Crippen LogP contribution is 2.43. The molecule has 2 aliphatic rings. The standard InChI is InChI=1S/C53H79IN10O11/c1-11-21-53(54,22-12-2)37-25-41(67)64(51(37)72)23-20-39(65)60-42(30(5)6)49(71)57-32(8)48(70)58-35-18-16-34(17-19-35)27-74-52(73)63(10)26-40(66)61-43-33(9)75-50(45(69)44(43)68)62-47-36-24-38(59-46(36)55-28-56-47)31(7)15-13-14-29(3)4/h16-19,24,28-33,37,42-45,50,68-69H,11-15,20-23,25-27H2,1-10H3,(H,57,71)(H,58,70)(H,60,65)(H,61,66)(H2,55,56,59,62)/t31?,32-,33-,37?,42-,43-,44+,45+,50-/m0/s1. The number of hydrogen-bond donors (Lipinski definition) is 8. The zero-order chi connectivity index (χ0) is 55.3. The molecular formula is C53H79IN10O11. The van der Waals surface area contributed by atoms with E-state index in [1.807, 2.05) is 6.07 Å². The van der Waals surface area contributed by atoms with Gasteiger partial charge in [-0.2, -0.15) is 0 Å². The molecule has 2 unspecified atom stereocenters. The number of amides is 7. The van der Waals surface area contributed by atoms with Crippen LogP contribution in [0.4, 0.5) is 16.3 Å². The number of aromatic amines is 1. The number of likely N-dealkylation sites (N-methyl/N-ethyl adjacent to an activating group) is 1. The third-order valence-corrected chi connectivity index (χ3v) is 15.8. The summed E-state index contributed by atoms with van der Waals surface area (Å²) in [5.74, 6) is -2.29. The summed E-state index contributed by atoms with van der Waals surface area (Å²) < 4.78 is 11.1. The molecule has 2 aliphatic heterocycles. The highest BCUT2D eigenvalue weighted by molar-refractivity contribution is 14.1. The fourth-order valence-electron chi connectivity index (χ4n) is 9.54. The second-order valence-corrected chi connectivity index (χ2v) is 23.1. The van der Waals surface area contributed by atoms with Crippen LogP contribution in [0.15, 0.2) is 36.7 Å². The second kappa shape index (κ2) is 27.5. The zero-order valence-electron chi connectivity index (χ0n) is 45.0. The van der Waals surface area contributed by atoms with E-state index in [4.69, 9.17) is 9.47 Å². The number of halogens is 1. The van der Waals surface area contributed by atoms with Gasteiger partial charge < -0.3 is 56.2 Å². The summed E-state index contributed by atoms with van der Waals surface area (Å²) >= 11 is 2.33. The van der Waals surface area contributed by atoms with Gasteiger partial charge in [0.2, 0.25) is 35.4 Å². The number of hydrogen-bond acceptors (Lipinski definition) is 14. The van der Waals surface area contributed by atoms with Crippen molar-refractivity contribution in [1.82, 2.24) is 40.7 Å². The Bertz CT molecular complexity index is 2450. The predicted molar refractivity (Wildman–Crippen MR) is 291 cm³/mol. The number of benzene rings is 1. The van der Waals surface area contributed by atoms with Gasteiger partial charge in [-0.3, -0.25) is 33.7 Å². The summed E-state index contributed by atoms with van der Waals surface area (Å²) in [6.45, 7) is 16.6. The van der Waals surface area contributed by atoms with Crippen molar-refractivity contribution < 1.29 is 53.2 Å². The molecule has 0 bridgehead atoms. The number of ether oxygens (including phenoxy) is 2. The van der Waals surface area contributed by atoms with Gasteiger partial charge in [0.1, 0.15) is 55.2 Å². The third kappa shape index (κ3) is 16.3. The van der Waals surface area contributed by atoms with Crippen molar-refractivity contribution in [2.24, 2.45) is 17.8 Å². The lowest BCUT2D eigenvalue weighted by molar-refractivity contribution is -0.172. The Hall–Kier alpha value is -5.46. The average molecular weight is 1160 g/mol. The molecule has 9 atom stereocenters. The van der Waals surface area contributed by atoms with E-state index in [0.717, 1.165) is 55.5 Å². The van der Waals surface area contributed by atoms with Crippen LogP contribution in [0.5, 0.6) is 0 Å². The number of aliphatic hydroxyl groups is 2. The number of fused-ring (bicyclic) bond motifs is 1. The maximum absolute atomic E-state index is 13.4. The molecule has 22 heteroatoms. The smallest absolute Gasteiger partial charge is 0.410 e.